The van der Waals surface area contributed by atoms with Gasteiger partial charge in [0.25, 0.3) is 0 Å². The summed E-state index contributed by atoms with van der Waals surface area (Å²) in [7, 11) is 0. The molecule has 22 heavy (non-hydrogen) atoms. The molecule has 1 aromatic heterocycles. The lowest BCUT2D eigenvalue weighted by molar-refractivity contribution is 0.0526. The van der Waals surface area contributed by atoms with Crippen LogP contribution in [0.5, 0.6) is 0 Å². The molecule has 3 nitrogen and oxygen atoms in total. The third-order valence-electron chi connectivity index (χ3n) is 3.55. The minimum atomic E-state index is -0.273. The molecule has 0 bridgehead atoms. The average Bonchev–Trinajstić information content (AvgIpc) is 2.90. The first-order chi connectivity index (χ1) is 10.7. The largest absolute Gasteiger partial charge is 0.462 e. The molecule has 0 aliphatic rings. The summed E-state index contributed by atoms with van der Waals surface area (Å²) in [6, 6.07) is 15.9. The van der Waals surface area contributed by atoms with Crippen molar-refractivity contribution in [3.05, 3.63) is 70.3 Å². The van der Waals surface area contributed by atoms with Crippen LogP contribution >= 0.6 is 15.9 Å². The van der Waals surface area contributed by atoms with Crippen LogP contribution in [0, 0.1) is 0 Å². The van der Waals surface area contributed by atoms with E-state index in [-0.39, 0.29) is 5.97 Å². The molecule has 4 heteroatoms. The van der Waals surface area contributed by atoms with E-state index in [9.17, 15) is 4.79 Å². The number of carbonyl (C=O) groups excluding carboxylic acids is 1. The van der Waals surface area contributed by atoms with Crippen molar-refractivity contribution in [2.45, 2.75) is 13.5 Å². The average molecular weight is 358 g/mol. The molecule has 112 valence electrons. The topological polar surface area (TPSA) is 31.2 Å². The summed E-state index contributed by atoms with van der Waals surface area (Å²) in [6.07, 6.45) is 2.08. The highest BCUT2D eigenvalue weighted by Crippen LogP contribution is 2.21. The molecule has 0 radical (unpaired) electrons. The lowest BCUT2D eigenvalue weighted by Gasteiger charge is -2.07. The van der Waals surface area contributed by atoms with Crippen molar-refractivity contribution in [3.8, 4) is 0 Å². The SMILES string of the molecule is CCOC(=O)c1ccc(Cn2ccc3cc(Br)ccc32)cc1. The smallest absolute Gasteiger partial charge is 0.338 e. The predicted octanol–water partition coefficient (Wildman–Crippen LogP) is 4.63. The fraction of sp³-hybridized carbons (Fsp3) is 0.167. The van der Waals surface area contributed by atoms with E-state index in [4.69, 9.17) is 4.74 Å². The maximum atomic E-state index is 11.6. The number of hydrogen-bond acceptors (Lipinski definition) is 2. The summed E-state index contributed by atoms with van der Waals surface area (Å²) < 4.78 is 8.27. The van der Waals surface area contributed by atoms with Gasteiger partial charge in [0.1, 0.15) is 0 Å². The van der Waals surface area contributed by atoms with Gasteiger partial charge in [0.2, 0.25) is 0 Å². The van der Waals surface area contributed by atoms with Crippen molar-refractivity contribution in [3.63, 3.8) is 0 Å². The Bertz CT molecular complexity index is 806. The Labute approximate surface area is 137 Å². The first kappa shape index (κ1) is 14.9. The minimum Gasteiger partial charge on any atom is -0.462 e. The second kappa shape index (κ2) is 6.36. The Morgan fingerprint density at radius 2 is 1.91 bits per heavy atom. The number of ether oxygens (including phenoxy) is 1. The Morgan fingerprint density at radius 3 is 2.64 bits per heavy atom. The second-order valence-electron chi connectivity index (χ2n) is 5.06. The van der Waals surface area contributed by atoms with Crippen LogP contribution in [0.1, 0.15) is 22.8 Å². The van der Waals surface area contributed by atoms with Gasteiger partial charge in [0.15, 0.2) is 0 Å². The Balaban J connectivity index is 1.81. The van der Waals surface area contributed by atoms with Crippen LogP contribution in [0.15, 0.2) is 59.2 Å². The van der Waals surface area contributed by atoms with Crippen LogP contribution in [0.4, 0.5) is 0 Å². The van der Waals surface area contributed by atoms with E-state index < -0.39 is 0 Å². The van der Waals surface area contributed by atoms with Crippen molar-refractivity contribution < 1.29 is 9.53 Å². The summed E-state index contributed by atoms with van der Waals surface area (Å²) in [5.74, 6) is -0.273. The number of aromatic nitrogens is 1. The van der Waals surface area contributed by atoms with Crippen molar-refractivity contribution in [2.24, 2.45) is 0 Å². The molecule has 1 heterocycles. The first-order valence-electron chi connectivity index (χ1n) is 7.18. The van der Waals surface area contributed by atoms with Gasteiger partial charge in [0.05, 0.1) is 12.2 Å². The minimum absolute atomic E-state index is 0.273. The monoisotopic (exact) mass is 357 g/mol. The fourth-order valence-corrected chi connectivity index (χ4v) is 2.85. The van der Waals surface area contributed by atoms with Crippen molar-refractivity contribution in [2.75, 3.05) is 6.61 Å². The van der Waals surface area contributed by atoms with Crippen LogP contribution in [0.2, 0.25) is 0 Å². The van der Waals surface area contributed by atoms with E-state index in [2.05, 4.69) is 44.9 Å². The third kappa shape index (κ3) is 3.07. The van der Waals surface area contributed by atoms with Gasteiger partial charge in [0, 0.05) is 28.1 Å². The number of rotatable bonds is 4. The van der Waals surface area contributed by atoms with Gasteiger partial charge in [-0.05, 0) is 48.9 Å². The van der Waals surface area contributed by atoms with Gasteiger partial charge in [-0.2, -0.15) is 0 Å². The summed E-state index contributed by atoms with van der Waals surface area (Å²) in [5, 5.41) is 1.21. The van der Waals surface area contributed by atoms with E-state index in [0.29, 0.717) is 12.2 Å². The molecular formula is C18H16BrNO2. The number of fused-ring (bicyclic) bond motifs is 1. The third-order valence-corrected chi connectivity index (χ3v) is 4.04. The highest BCUT2D eigenvalue weighted by molar-refractivity contribution is 9.10. The normalized spacial score (nSPS) is 10.8. The number of hydrogen-bond donors (Lipinski definition) is 0. The van der Waals surface area contributed by atoms with Gasteiger partial charge in [-0.15, -0.1) is 0 Å². The van der Waals surface area contributed by atoms with Crippen LogP contribution in [0.3, 0.4) is 0 Å². The fourth-order valence-electron chi connectivity index (χ4n) is 2.47. The Morgan fingerprint density at radius 1 is 1.14 bits per heavy atom. The maximum Gasteiger partial charge on any atom is 0.338 e. The molecule has 3 rings (SSSR count). The maximum absolute atomic E-state index is 11.6. The number of carbonyl (C=O) groups is 1. The molecule has 0 saturated carbocycles. The Hall–Kier alpha value is -2.07. The van der Waals surface area contributed by atoms with Crippen molar-refractivity contribution >= 4 is 32.8 Å². The molecule has 2 aromatic carbocycles. The van der Waals surface area contributed by atoms with Gasteiger partial charge in [-0.1, -0.05) is 28.1 Å². The molecule has 0 unspecified atom stereocenters. The molecule has 0 amide bonds. The van der Waals surface area contributed by atoms with E-state index >= 15 is 0 Å². The van der Waals surface area contributed by atoms with Crippen LogP contribution < -0.4 is 0 Å². The standard InChI is InChI=1S/C18H16BrNO2/c1-2-22-18(21)14-5-3-13(4-6-14)12-20-10-9-15-11-16(19)7-8-17(15)20/h3-11H,2,12H2,1H3. The molecular weight excluding hydrogens is 342 g/mol. The number of halogens is 1. The summed E-state index contributed by atoms with van der Waals surface area (Å²) in [6.45, 7) is 2.97. The van der Waals surface area contributed by atoms with Crippen LogP contribution in [-0.2, 0) is 11.3 Å². The van der Waals surface area contributed by atoms with Gasteiger partial charge < -0.3 is 9.30 Å². The van der Waals surface area contributed by atoms with Crippen LogP contribution in [-0.4, -0.2) is 17.1 Å². The number of esters is 1. The molecule has 3 aromatic rings. The molecule has 0 saturated heterocycles. The molecule has 0 N–H and O–H groups in total. The lowest BCUT2D eigenvalue weighted by Crippen LogP contribution is -2.05. The van der Waals surface area contributed by atoms with Crippen molar-refractivity contribution in [1.29, 1.82) is 0 Å². The molecule has 0 atom stereocenters. The van der Waals surface area contributed by atoms with E-state index in [1.54, 1.807) is 0 Å². The number of benzene rings is 2. The first-order valence-corrected chi connectivity index (χ1v) is 7.97. The Kier molecular flexibility index (Phi) is 4.29. The zero-order valence-electron chi connectivity index (χ0n) is 12.3. The molecule has 0 aliphatic heterocycles. The summed E-state index contributed by atoms with van der Waals surface area (Å²) >= 11 is 3.49. The highest BCUT2D eigenvalue weighted by atomic mass is 79.9. The van der Waals surface area contributed by atoms with Gasteiger partial charge in [-0.25, -0.2) is 4.79 Å². The number of nitrogens with zero attached hydrogens (tertiary/aromatic N) is 1. The predicted molar refractivity (Wildman–Crippen MR) is 91.1 cm³/mol. The zero-order chi connectivity index (χ0) is 15.5. The summed E-state index contributed by atoms with van der Waals surface area (Å²) in [5.41, 5.74) is 2.93. The molecule has 0 spiro atoms. The van der Waals surface area contributed by atoms with E-state index in [1.165, 1.54) is 10.9 Å². The molecule has 0 aliphatic carbocycles. The van der Waals surface area contributed by atoms with Crippen LogP contribution in [0.25, 0.3) is 10.9 Å². The van der Waals surface area contributed by atoms with Crippen molar-refractivity contribution in [1.82, 2.24) is 4.57 Å². The second-order valence-corrected chi connectivity index (χ2v) is 5.98. The zero-order valence-corrected chi connectivity index (χ0v) is 13.8. The van der Waals surface area contributed by atoms with E-state index in [0.717, 1.165) is 16.6 Å². The molecule has 0 fully saturated rings. The summed E-state index contributed by atoms with van der Waals surface area (Å²) in [4.78, 5) is 11.6. The quantitative estimate of drug-likeness (QED) is 0.637. The highest BCUT2D eigenvalue weighted by Gasteiger charge is 2.07. The van der Waals surface area contributed by atoms with E-state index in [1.807, 2.05) is 37.3 Å². The lowest BCUT2D eigenvalue weighted by atomic mass is 10.1. The van der Waals surface area contributed by atoms with Gasteiger partial charge >= 0.3 is 5.97 Å². The van der Waals surface area contributed by atoms with Gasteiger partial charge in [-0.3, -0.25) is 0 Å².